The maximum absolute atomic E-state index is 10.4. The van der Waals surface area contributed by atoms with Crippen molar-refractivity contribution >= 4 is 10.9 Å². The average molecular weight is 257 g/mol. The van der Waals surface area contributed by atoms with Gasteiger partial charge in [-0.05, 0) is 32.8 Å². The Morgan fingerprint density at radius 2 is 1.79 bits per heavy atom. The van der Waals surface area contributed by atoms with Gasteiger partial charge >= 0.3 is 0 Å². The standard InChI is InChI=1S/C17H23NO/c1-17(2,19)15-12-18(13-8-4-3-5-9-13)16-11-7-6-10-14(15)16/h6-7,10-13,19H,3-5,8-9H2,1-2H3. The number of nitrogens with zero attached hydrogens (tertiary/aromatic N) is 1. The van der Waals surface area contributed by atoms with Crippen molar-refractivity contribution in [3.05, 3.63) is 36.0 Å². The molecule has 0 spiro atoms. The Bertz CT molecular complexity index is 570. The Morgan fingerprint density at radius 3 is 2.47 bits per heavy atom. The van der Waals surface area contributed by atoms with E-state index in [-0.39, 0.29) is 0 Å². The van der Waals surface area contributed by atoms with Gasteiger partial charge in [-0.3, -0.25) is 0 Å². The number of aliphatic hydroxyl groups is 1. The number of rotatable bonds is 2. The monoisotopic (exact) mass is 257 g/mol. The molecule has 1 aliphatic rings. The molecular formula is C17H23NO. The molecule has 19 heavy (non-hydrogen) atoms. The lowest BCUT2D eigenvalue weighted by Crippen LogP contribution is -2.15. The Labute approximate surface area is 115 Å². The lowest BCUT2D eigenvalue weighted by Gasteiger charge is -2.24. The van der Waals surface area contributed by atoms with Gasteiger partial charge < -0.3 is 9.67 Å². The van der Waals surface area contributed by atoms with Gasteiger partial charge in [-0.15, -0.1) is 0 Å². The number of fused-ring (bicyclic) bond motifs is 1. The largest absolute Gasteiger partial charge is 0.386 e. The molecule has 1 N–H and O–H groups in total. The molecule has 2 heteroatoms. The molecule has 1 aromatic carbocycles. The molecule has 3 rings (SSSR count). The highest BCUT2D eigenvalue weighted by Gasteiger charge is 2.24. The third kappa shape index (κ3) is 2.30. The fraction of sp³-hybridized carbons (Fsp3) is 0.529. The van der Waals surface area contributed by atoms with Crippen LogP contribution in [0.25, 0.3) is 10.9 Å². The molecule has 0 atom stereocenters. The van der Waals surface area contributed by atoms with Gasteiger partial charge in [0.15, 0.2) is 0 Å². The van der Waals surface area contributed by atoms with Crippen LogP contribution in [0.2, 0.25) is 0 Å². The van der Waals surface area contributed by atoms with Crippen molar-refractivity contribution in [2.24, 2.45) is 0 Å². The first-order valence-electron chi connectivity index (χ1n) is 7.40. The van der Waals surface area contributed by atoms with Crippen LogP contribution in [0.1, 0.15) is 57.6 Å². The highest BCUT2D eigenvalue weighted by molar-refractivity contribution is 5.85. The molecule has 2 aromatic rings. The highest BCUT2D eigenvalue weighted by atomic mass is 16.3. The lowest BCUT2D eigenvalue weighted by molar-refractivity contribution is 0.0798. The average Bonchev–Trinajstić information content (AvgIpc) is 2.79. The summed E-state index contributed by atoms with van der Waals surface area (Å²) in [6, 6.07) is 9.06. The second kappa shape index (κ2) is 4.68. The van der Waals surface area contributed by atoms with E-state index in [9.17, 15) is 5.11 Å². The molecule has 1 saturated carbocycles. The summed E-state index contributed by atoms with van der Waals surface area (Å²) >= 11 is 0. The van der Waals surface area contributed by atoms with Gasteiger partial charge in [-0.1, -0.05) is 37.5 Å². The van der Waals surface area contributed by atoms with Crippen LogP contribution in [0.15, 0.2) is 30.5 Å². The van der Waals surface area contributed by atoms with Crippen LogP contribution < -0.4 is 0 Å². The van der Waals surface area contributed by atoms with Crippen molar-refractivity contribution in [3.8, 4) is 0 Å². The fourth-order valence-corrected chi connectivity index (χ4v) is 3.35. The first-order chi connectivity index (χ1) is 9.07. The minimum absolute atomic E-state index is 0.606. The molecular weight excluding hydrogens is 234 g/mol. The molecule has 102 valence electrons. The third-order valence-corrected chi connectivity index (χ3v) is 4.37. The maximum Gasteiger partial charge on any atom is 0.0861 e. The first-order valence-corrected chi connectivity index (χ1v) is 7.40. The molecule has 1 aromatic heterocycles. The zero-order valence-electron chi connectivity index (χ0n) is 11.9. The smallest absolute Gasteiger partial charge is 0.0861 e. The van der Waals surface area contributed by atoms with E-state index >= 15 is 0 Å². The van der Waals surface area contributed by atoms with E-state index < -0.39 is 5.60 Å². The molecule has 0 radical (unpaired) electrons. The van der Waals surface area contributed by atoms with Crippen LogP contribution in [0.5, 0.6) is 0 Å². The predicted molar refractivity (Wildman–Crippen MR) is 79.3 cm³/mol. The summed E-state index contributed by atoms with van der Waals surface area (Å²) in [5.74, 6) is 0. The van der Waals surface area contributed by atoms with Gasteiger partial charge in [0, 0.05) is 28.7 Å². The fourth-order valence-electron chi connectivity index (χ4n) is 3.35. The topological polar surface area (TPSA) is 25.2 Å². The Morgan fingerprint density at radius 1 is 1.11 bits per heavy atom. The molecule has 0 saturated heterocycles. The van der Waals surface area contributed by atoms with Crippen molar-refractivity contribution < 1.29 is 5.11 Å². The van der Waals surface area contributed by atoms with Gasteiger partial charge in [0.25, 0.3) is 0 Å². The van der Waals surface area contributed by atoms with E-state index in [2.05, 4.69) is 35.0 Å². The molecule has 1 aliphatic carbocycles. The van der Waals surface area contributed by atoms with E-state index in [0.29, 0.717) is 6.04 Å². The first kappa shape index (κ1) is 12.7. The van der Waals surface area contributed by atoms with Crippen molar-refractivity contribution in [1.29, 1.82) is 0 Å². The summed E-state index contributed by atoms with van der Waals surface area (Å²) < 4.78 is 2.40. The van der Waals surface area contributed by atoms with E-state index in [1.807, 2.05) is 13.8 Å². The number of benzene rings is 1. The molecule has 0 unspecified atom stereocenters. The Kier molecular flexibility index (Phi) is 3.14. The zero-order chi connectivity index (χ0) is 13.5. The van der Waals surface area contributed by atoms with Crippen molar-refractivity contribution in [2.75, 3.05) is 0 Å². The summed E-state index contributed by atoms with van der Waals surface area (Å²) in [6.45, 7) is 3.75. The van der Waals surface area contributed by atoms with Crippen LogP contribution >= 0.6 is 0 Å². The van der Waals surface area contributed by atoms with Crippen LogP contribution in [-0.2, 0) is 5.60 Å². The van der Waals surface area contributed by atoms with E-state index in [1.54, 1.807) is 0 Å². The number of hydrogen-bond donors (Lipinski definition) is 1. The van der Waals surface area contributed by atoms with Crippen molar-refractivity contribution in [1.82, 2.24) is 4.57 Å². The quantitative estimate of drug-likeness (QED) is 0.849. The van der Waals surface area contributed by atoms with Crippen LogP contribution in [0.4, 0.5) is 0 Å². The molecule has 0 amide bonds. The SMILES string of the molecule is CC(C)(O)c1cn(C2CCCCC2)c2ccccc12. The normalized spacial score (nSPS) is 18.1. The van der Waals surface area contributed by atoms with Gasteiger partial charge in [0.2, 0.25) is 0 Å². The summed E-state index contributed by atoms with van der Waals surface area (Å²) in [6.07, 6.45) is 8.74. The summed E-state index contributed by atoms with van der Waals surface area (Å²) in [5.41, 5.74) is 1.54. The molecule has 1 heterocycles. The summed E-state index contributed by atoms with van der Waals surface area (Å²) in [4.78, 5) is 0. The van der Waals surface area contributed by atoms with Crippen molar-refractivity contribution in [3.63, 3.8) is 0 Å². The summed E-state index contributed by atoms with van der Waals surface area (Å²) in [5, 5.41) is 11.6. The summed E-state index contributed by atoms with van der Waals surface area (Å²) in [7, 11) is 0. The molecule has 0 bridgehead atoms. The van der Waals surface area contributed by atoms with Crippen LogP contribution in [0, 0.1) is 0 Å². The van der Waals surface area contributed by atoms with Crippen LogP contribution in [-0.4, -0.2) is 9.67 Å². The number of aromatic nitrogens is 1. The Hall–Kier alpha value is -1.28. The van der Waals surface area contributed by atoms with Gasteiger partial charge in [0.05, 0.1) is 5.60 Å². The second-order valence-corrected chi connectivity index (χ2v) is 6.32. The lowest BCUT2D eigenvalue weighted by atomic mass is 9.95. The van der Waals surface area contributed by atoms with E-state index in [1.165, 1.54) is 43.0 Å². The number of para-hydroxylation sites is 1. The van der Waals surface area contributed by atoms with E-state index in [0.717, 1.165) is 5.56 Å². The van der Waals surface area contributed by atoms with Crippen LogP contribution in [0.3, 0.4) is 0 Å². The van der Waals surface area contributed by atoms with Crippen molar-refractivity contribution in [2.45, 2.75) is 57.6 Å². The molecule has 0 aliphatic heterocycles. The molecule has 2 nitrogen and oxygen atoms in total. The van der Waals surface area contributed by atoms with Gasteiger partial charge in [0.1, 0.15) is 0 Å². The minimum Gasteiger partial charge on any atom is -0.386 e. The highest BCUT2D eigenvalue weighted by Crippen LogP contribution is 2.36. The molecule has 1 fully saturated rings. The van der Waals surface area contributed by atoms with E-state index in [4.69, 9.17) is 0 Å². The third-order valence-electron chi connectivity index (χ3n) is 4.37. The number of hydrogen-bond acceptors (Lipinski definition) is 1. The minimum atomic E-state index is -0.778. The van der Waals surface area contributed by atoms with Gasteiger partial charge in [-0.2, -0.15) is 0 Å². The Balaban J connectivity index is 2.14. The zero-order valence-corrected chi connectivity index (χ0v) is 11.9. The predicted octanol–water partition coefficient (Wildman–Crippen LogP) is 4.37. The van der Waals surface area contributed by atoms with Gasteiger partial charge in [-0.25, -0.2) is 0 Å². The second-order valence-electron chi connectivity index (χ2n) is 6.32. The maximum atomic E-state index is 10.4.